The number of rotatable bonds is 13. The maximum Gasteiger partial charge on any atom is 0.338 e. The Kier molecular flexibility index (Phi) is 13.7. The third kappa shape index (κ3) is 8.25. The zero-order chi connectivity index (χ0) is 47.1. The summed E-state index contributed by atoms with van der Waals surface area (Å²) >= 11 is 0. The smallest absolute Gasteiger partial charge is 0.338 e. The summed E-state index contributed by atoms with van der Waals surface area (Å²) in [5, 5.41) is 40.5. The molecule has 346 valence electrons. The van der Waals surface area contributed by atoms with Crippen molar-refractivity contribution in [3.8, 4) is 5.75 Å². The lowest BCUT2D eigenvalue weighted by Gasteiger charge is -2.67. The number of allylic oxidation sites excluding steroid dienone is 1. The molecule has 2 saturated carbocycles. The van der Waals surface area contributed by atoms with Crippen molar-refractivity contribution in [2.75, 3.05) is 13.7 Å². The minimum absolute atomic E-state index is 0.00648. The topological polar surface area (TPSA) is 231 Å². The first-order chi connectivity index (χ1) is 30.1. The van der Waals surface area contributed by atoms with Gasteiger partial charge in [-0.1, -0.05) is 63.2 Å². The number of esters is 4. The number of hydrogen-bond donors (Lipinski definition) is 4. The lowest BCUT2D eigenvalue weighted by Crippen LogP contribution is -2.82. The largest absolute Gasteiger partial charge is 0.497 e. The molecule has 0 aromatic heterocycles. The van der Waals surface area contributed by atoms with Crippen molar-refractivity contribution in [3.05, 3.63) is 88.5 Å². The second kappa shape index (κ2) is 18.2. The summed E-state index contributed by atoms with van der Waals surface area (Å²) in [6, 6.07) is 13.5. The first kappa shape index (κ1) is 48.0. The number of nitrogens with one attached hydrogen (secondary N) is 1. The molecule has 1 saturated heterocycles. The van der Waals surface area contributed by atoms with Gasteiger partial charge in [0.1, 0.15) is 41.9 Å². The molecule has 0 radical (unpaired) electrons. The van der Waals surface area contributed by atoms with E-state index in [-0.39, 0.29) is 36.2 Å². The molecule has 16 nitrogen and oxygen atoms in total. The Labute approximate surface area is 372 Å². The molecule has 1 heterocycles. The van der Waals surface area contributed by atoms with Crippen LogP contribution in [-0.4, -0.2) is 112 Å². The summed E-state index contributed by atoms with van der Waals surface area (Å²) < 4.78 is 36.0. The number of fused-ring (bicyclic) bond motifs is 5. The molecule has 2 bridgehead atoms. The molecule has 2 aromatic carbocycles. The van der Waals surface area contributed by atoms with Crippen molar-refractivity contribution in [1.82, 2.24) is 5.32 Å². The number of carbonyl (C=O) groups excluding carboxylic acids is 6. The second-order valence-corrected chi connectivity index (χ2v) is 17.9. The van der Waals surface area contributed by atoms with Crippen LogP contribution < -0.4 is 10.1 Å². The van der Waals surface area contributed by atoms with Crippen molar-refractivity contribution < 1.29 is 72.5 Å². The van der Waals surface area contributed by atoms with Crippen molar-refractivity contribution in [2.24, 2.45) is 16.7 Å². The third-order valence-electron chi connectivity index (χ3n) is 14.0. The van der Waals surface area contributed by atoms with Crippen molar-refractivity contribution in [3.63, 3.8) is 0 Å². The molecule has 64 heavy (non-hydrogen) atoms. The zero-order valence-corrected chi connectivity index (χ0v) is 37.7. The average molecular weight is 890 g/mol. The Hall–Kier alpha value is -5.42. The Bertz CT molecular complexity index is 2230. The Morgan fingerprint density at radius 3 is 2.27 bits per heavy atom. The van der Waals surface area contributed by atoms with Gasteiger partial charge in [-0.3, -0.25) is 24.0 Å². The van der Waals surface area contributed by atoms with E-state index in [9.17, 15) is 39.3 Å². The van der Waals surface area contributed by atoms with Crippen LogP contribution in [0.25, 0.3) is 0 Å². The van der Waals surface area contributed by atoms with Crippen LogP contribution in [0.3, 0.4) is 0 Å². The molecule has 4 N–H and O–H groups in total. The summed E-state index contributed by atoms with van der Waals surface area (Å²) in [5.74, 6) is -6.02. The van der Waals surface area contributed by atoms with Crippen LogP contribution in [0.15, 0.2) is 77.4 Å². The van der Waals surface area contributed by atoms with Crippen molar-refractivity contribution >= 4 is 35.6 Å². The van der Waals surface area contributed by atoms with Crippen molar-refractivity contribution in [1.29, 1.82) is 0 Å². The fourth-order valence-electron chi connectivity index (χ4n) is 10.3. The van der Waals surface area contributed by atoms with Crippen LogP contribution >= 0.6 is 0 Å². The molecule has 1 amide bonds. The van der Waals surface area contributed by atoms with Gasteiger partial charge in [-0.25, -0.2) is 4.79 Å². The molecular formula is C48H59NO15. The Morgan fingerprint density at radius 2 is 1.67 bits per heavy atom. The Morgan fingerprint density at radius 1 is 0.984 bits per heavy atom. The number of aliphatic hydroxyl groups is 3. The minimum atomic E-state index is -2.37. The molecule has 3 fully saturated rings. The van der Waals surface area contributed by atoms with E-state index >= 15 is 4.79 Å². The summed E-state index contributed by atoms with van der Waals surface area (Å²) in [6.07, 6.45) is -8.92. The second-order valence-electron chi connectivity index (χ2n) is 17.9. The highest BCUT2D eigenvalue weighted by molar-refractivity contribution is 5.95. The van der Waals surface area contributed by atoms with E-state index in [1.54, 1.807) is 90.1 Å². The zero-order valence-electron chi connectivity index (χ0n) is 37.7. The lowest BCUT2D eigenvalue weighted by molar-refractivity contribution is -0.346. The number of Topliss-reactive ketones (excluding diaryl/α,β-unsaturated/α-hetero) is 1. The number of ether oxygens (including phenoxy) is 6. The normalized spacial score (nSPS) is 31.6. The first-order valence-corrected chi connectivity index (χ1v) is 21.5. The van der Waals surface area contributed by atoms with Crippen LogP contribution in [0.4, 0.5) is 0 Å². The predicted molar refractivity (Wildman–Crippen MR) is 227 cm³/mol. The van der Waals surface area contributed by atoms with Crippen LogP contribution in [-0.2, 0) is 47.7 Å². The van der Waals surface area contributed by atoms with E-state index in [0.29, 0.717) is 16.9 Å². The molecule has 2 aromatic rings. The number of methoxy groups -OCH3 is 1. The van der Waals surface area contributed by atoms with Gasteiger partial charge in [0.25, 0.3) is 0 Å². The van der Waals surface area contributed by atoms with Crippen LogP contribution in [0.5, 0.6) is 5.75 Å². The number of amides is 1. The standard InChI is InChI=1S/C48H59NO15/c1-10-25(3)43(56)49-38(28-16-13-12-14-17-28)31(51)21-36(53)61-32-23-48(58)42(63-44(57)29-18-15-19-30(20-29)59-9)40-46(8,41(55)39(54)37(26(32)4)45(48,6)7)33(62-35(52)11-2)22-34-47(40,24-60-34)64-27(5)50/h10,12-20,31-34,38-40,42,51,54,58H,11,21-24H2,1-9H3,(H,49,56)/b25-10+/t31-,32-,33-,34+,38-,39+,40?,42-,46+,47-,48+/m0/s1. The number of hydrogen-bond acceptors (Lipinski definition) is 15. The molecule has 6 rings (SSSR count). The fraction of sp³-hybridized carbons (Fsp3) is 0.542. The van der Waals surface area contributed by atoms with Crippen LogP contribution in [0, 0.1) is 16.7 Å². The first-order valence-electron chi connectivity index (χ1n) is 21.5. The predicted octanol–water partition coefficient (Wildman–Crippen LogP) is 4.18. The van der Waals surface area contributed by atoms with Crippen molar-refractivity contribution in [2.45, 2.75) is 135 Å². The summed E-state index contributed by atoms with van der Waals surface area (Å²) in [5.41, 5.74) is -6.79. The molecule has 1 aliphatic heterocycles. The van der Waals surface area contributed by atoms with E-state index in [0.717, 1.165) is 6.92 Å². The average Bonchev–Trinajstić information content (AvgIpc) is 3.25. The molecule has 3 aliphatic carbocycles. The van der Waals surface area contributed by atoms with Gasteiger partial charge in [-0.05, 0) is 62.6 Å². The lowest BCUT2D eigenvalue weighted by atomic mass is 9.44. The van der Waals surface area contributed by atoms with E-state index in [1.807, 2.05) is 0 Å². The van der Waals surface area contributed by atoms with E-state index in [4.69, 9.17) is 28.4 Å². The molecule has 16 heteroatoms. The maximum absolute atomic E-state index is 15.4. The maximum atomic E-state index is 15.4. The number of carbonyl (C=O) groups is 6. The van der Waals surface area contributed by atoms with Gasteiger partial charge in [0.05, 0.1) is 49.2 Å². The van der Waals surface area contributed by atoms with Gasteiger partial charge in [-0.15, -0.1) is 0 Å². The Balaban J connectivity index is 1.50. The quantitative estimate of drug-likeness (QED) is 0.0957. The van der Waals surface area contributed by atoms with E-state index < -0.39 is 119 Å². The summed E-state index contributed by atoms with van der Waals surface area (Å²) in [7, 11) is 1.41. The van der Waals surface area contributed by atoms with E-state index in [1.165, 1.54) is 26.2 Å². The van der Waals surface area contributed by atoms with Gasteiger partial charge in [0.15, 0.2) is 11.4 Å². The van der Waals surface area contributed by atoms with Crippen LogP contribution in [0.2, 0.25) is 0 Å². The molecule has 1 unspecified atom stereocenters. The third-order valence-corrected chi connectivity index (χ3v) is 14.0. The summed E-state index contributed by atoms with van der Waals surface area (Å²) in [6.45, 7) is 11.8. The number of aliphatic hydroxyl groups excluding tert-OH is 2. The highest BCUT2D eigenvalue weighted by Crippen LogP contribution is 2.64. The minimum Gasteiger partial charge on any atom is -0.497 e. The van der Waals surface area contributed by atoms with Crippen LogP contribution in [0.1, 0.15) is 103 Å². The molecule has 11 atom stereocenters. The fourth-order valence-corrected chi connectivity index (χ4v) is 10.3. The van der Waals surface area contributed by atoms with E-state index in [2.05, 4.69) is 5.32 Å². The molecule has 0 spiro atoms. The van der Waals surface area contributed by atoms with Gasteiger partial charge in [0.2, 0.25) is 5.91 Å². The van der Waals surface area contributed by atoms with Gasteiger partial charge in [0, 0.05) is 37.2 Å². The number of benzene rings is 2. The SMILES string of the molecule is C/C=C(\C)C(=O)N[C@@H](c1ccccc1)[C@@H](O)CC(=O)O[C@H]1C[C@@]2(O)[C@@H](OC(=O)c3cccc(OC)c3)C3[C@](C)(C(=O)[C@H](O)C(=C1C)C2(C)C)[C@@H](OC(=O)CC)C[C@H]1OC[C@@]31OC(C)=O. The summed E-state index contributed by atoms with van der Waals surface area (Å²) in [4.78, 5) is 83.2. The van der Waals surface area contributed by atoms with Gasteiger partial charge >= 0.3 is 23.9 Å². The molecular weight excluding hydrogens is 831 g/mol. The highest BCUT2D eigenvalue weighted by Gasteiger charge is 2.78. The highest BCUT2D eigenvalue weighted by atomic mass is 16.6. The van der Waals surface area contributed by atoms with Gasteiger partial charge in [-0.2, -0.15) is 0 Å². The van der Waals surface area contributed by atoms with Gasteiger partial charge < -0.3 is 49.1 Å². The molecule has 4 aliphatic rings. The number of ketones is 1. The monoisotopic (exact) mass is 889 g/mol.